The van der Waals surface area contributed by atoms with Gasteiger partial charge in [0.25, 0.3) is 0 Å². The lowest BCUT2D eigenvalue weighted by Gasteiger charge is -2.30. The second-order valence-corrected chi connectivity index (χ2v) is 10.7. The van der Waals surface area contributed by atoms with Crippen LogP contribution in [-0.4, -0.2) is 71.4 Å². The minimum absolute atomic E-state index is 0.0394. The van der Waals surface area contributed by atoms with Crippen molar-refractivity contribution in [2.24, 2.45) is 28.3 Å². The number of rotatable bonds is 8. The van der Waals surface area contributed by atoms with E-state index in [2.05, 4.69) is 9.98 Å². The van der Waals surface area contributed by atoms with E-state index in [1.165, 1.54) is 6.07 Å². The molecule has 0 radical (unpaired) electrons. The van der Waals surface area contributed by atoms with E-state index in [1.54, 1.807) is 28.1 Å². The molecule has 39 heavy (non-hydrogen) atoms. The van der Waals surface area contributed by atoms with Gasteiger partial charge in [-0.15, -0.1) is 0 Å². The SMILES string of the molecule is CC(C)/C(N)=N/C(=O)N1CCC(COc2ccc(-c3ccc(C[C@H](N)C(=O)N4CCCC4)c(F)c3)cn2)CC1. The number of aliphatic imine (C=N–C) groups is 1. The molecular formula is C29H39FN6O3. The maximum Gasteiger partial charge on any atom is 0.345 e. The number of nitrogens with zero attached hydrogens (tertiary/aromatic N) is 4. The van der Waals surface area contributed by atoms with Gasteiger partial charge in [0.15, 0.2) is 0 Å². The summed E-state index contributed by atoms with van der Waals surface area (Å²) >= 11 is 0. The van der Waals surface area contributed by atoms with Crippen molar-refractivity contribution in [3.8, 4) is 17.0 Å². The highest BCUT2D eigenvalue weighted by Gasteiger charge is 2.25. The van der Waals surface area contributed by atoms with Gasteiger partial charge in [-0.3, -0.25) is 4.79 Å². The molecule has 2 fully saturated rings. The number of amides is 3. The zero-order valence-electron chi connectivity index (χ0n) is 22.8. The highest BCUT2D eigenvalue weighted by Crippen LogP contribution is 2.25. The molecule has 2 aromatic rings. The molecule has 0 aliphatic carbocycles. The summed E-state index contributed by atoms with van der Waals surface area (Å²) in [5.74, 6) is 0.697. The van der Waals surface area contributed by atoms with Crippen molar-refractivity contribution in [2.45, 2.75) is 52.0 Å². The minimum atomic E-state index is -0.744. The molecule has 3 heterocycles. The number of benzene rings is 1. The van der Waals surface area contributed by atoms with Crippen LogP contribution in [0.5, 0.6) is 5.88 Å². The van der Waals surface area contributed by atoms with Gasteiger partial charge in [-0.1, -0.05) is 26.0 Å². The van der Waals surface area contributed by atoms with Crippen LogP contribution in [0, 0.1) is 17.7 Å². The topological polar surface area (TPSA) is 127 Å². The number of ether oxygens (including phenoxy) is 1. The third-order valence-corrected chi connectivity index (χ3v) is 7.47. The van der Waals surface area contributed by atoms with Gasteiger partial charge in [0, 0.05) is 49.9 Å². The first-order valence-corrected chi connectivity index (χ1v) is 13.8. The minimum Gasteiger partial charge on any atom is -0.477 e. The molecule has 1 atom stereocenters. The summed E-state index contributed by atoms with van der Waals surface area (Å²) in [6.07, 6.45) is 5.45. The lowest BCUT2D eigenvalue weighted by Crippen LogP contribution is -2.43. The Bertz CT molecular complexity index is 1170. The molecule has 0 saturated carbocycles. The molecule has 2 saturated heterocycles. The fourth-order valence-corrected chi connectivity index (χ4v) is 4.83. The molecule has 3 amide bonds. The number of pyridine rings is 1. The van der Waals surface area contributed by atoms with Crippen molar-refractivity contribution in [1.82, 2.24) is 14.8 Å². The highest BCUT2D eigenvalue weighted by atomic mass is 19.1. The summed E-state index contributed by atoms with van der Waals surface area (Å²) < 4.78 is 20.7. The number of aromatic nitrogens is 1. The molecule has 0 bridgehead atoms. The second-order valence-electron chi connectivity index (χ2n) is 10.7. The Hall–Kier alpha value is -3.53. The van der Waals surface area contributed by atoms with Crippen molar-refractivity contribution in [3.05, 3.63) is 47.9 Å². The molecular weight excluding hydrogens is 499 g/mol. The van der Waals surface area contributed by atoms with Crippen LogP contribution in [-0.2, 0) is 11.2 Å². The molecule has 2 aliphatic rings. The maximum atomic E-state index is 14.9. The van der Waals surface area contributed by atoms with E-state index in [4.69, 9.17) is 16.2 Å². The summed E-state index contributed by atoms with van der Waals surface area (Å²) in [5, 5.41) is 0. The molecule has 1 aromatic heterocycles. The fourth-order valence-electron chi connectivity index (χ4n) is 4.83. The number of urea groups is 1. The van der Waals surface area contributed by atoms with Crippen LogP contribution in [0.1, 0.15) is 45.1 Å². The molecule has 0 unspecified atom stereocenters. The average Bonchev–Trinajstić information content (AvgIpc) is 3.48. The molecule has 10 heteroatoms. The van der Waals surface area contributed by atoms with E-state index in [0.717, 1.165) is 44.3 Å². The highest BCUT2D eigenvalue weighted by molar-refractivity contribution is 5.93. The second kappa shape index (κ2) is 13.0. The Morgan fingerprint density at radius 2 is 1.77 bits per heavy atom. The van der Waals surface area contributed by atoms with Crippen LogP contribution < -0.4 is 16.2 Å². The normalized spacial score (nSPS) is 17.5. The van der Waals surface area contributed by atoms with Crippen LogP contribution in [0.4, 0.5) is 9.18 Å². The molecule has 4 N–H and O–H groups in total. The molecule has 1 aromatic carbocycles. The van der Waals surface area contributed by atoms with Crippen molar-refractivity contribution in [3.63, 3.8) is 0 Å². The van der Waals surface area contributed by atoms with E-state index in [1.807, 2.05) is 26.0 Å². The predicted molar refractivity (Wildman–Crippen MR) is 149 cm³/mol. The van der Waals surface area contributed by atoms with Crippen molar-refractivity contribution in [2.75, 3.05) is 32.8 Å². The quantitative estimate of drug-likeness (QED) is 0.391. The zero-order valence-corrected chi connectivity index (χ0v) is 22.8. The van der Waals surface area contributed by atoms with Gasteiger partial charge in [-0.25, -0.2) is 14.2 Å². The first kappa shape index (κ1) is 28.5. The van der Waals surface area contributed by atoms with Gasteiger partial charge in [0.1, 0.15) is 11.7 Å². The number of likely N-dealkylation sites (tertiary alicyclic amines) is 2. The Labute approximate surface area is 229 Å². The van der Waals surface area contributed by atoms with Crippen LogP contribution in [0.2, 0.25) is 0 Å². The van der Waals surface area contributed by atoms with Gasteiger partial charge >= 0.3 is 6.03 Å². The van der Waals surface area contributed by atoms with E-state index >= 15 is 0 Å². The summed E-state index contributed by atoms with van der Waals surface area (Å²) in [7, 11) is 0. The van der Waals surface area contributed by atoms with E-state index in [9.17, 15) is 14.0 Å². The predicted octanol–water partition coefficient (Wildman–Crippen LogP) is 3.60. The number of amidine groups is 1. The van der Waals surface area contributed by atoms with Crippen LogP contribution in [0.3, 0.4) is 0 Å². The largest absolute Gasteiger partial charge is 0.477 e. The Morgan fingerprint density at radius 1 is 1.08 bits per heavy atom. The number of halogens is 1. The summed E-state index contributed by atoms with van der Waals surface area (Å²) in [6.45, 7) is 7.01. The van der Waals surface area contributed by atoms with Gasteiger partial charge in [0.2, 0.25) is 11.8 Å². The molecule has 9 nitrogen and oxygen atoms in total. The van der Waals surface area contributed by atoms with Crippen molar-refractivity contribution < 1.29 is 18.7 Å². The third kappa shape index (κ3) is 7.53. The first-order chi connectivity index (χ1) is 18.7. The average molecular weight is 539 g/mol. The Morgan fingerprint density at radius 3 is 2.38 bits per heavy atom. The van der Waals surface area contributed by atoms with Crippen molar-refractivity contribution >= 4 is 17.8 Å². The Kier molecular flexibility index (Phi) is 9.50. The number of nitrogens with two attached hydrogens (primary N) is 2. The van der Waals surface area contributed by atoms with Crippen LogP contribution >= 0.6 is 0 Å². The standard InChI is InChI=1S/C29H39FN6O3/c1-19(2)27(32)34-29(38)36-13-9-20(10-14-36)18-39-26-8-7-23(17-33-26)21-5-6-22(24(30)15-21)16-25(31)28(37)35-11-3-4-12-35/h5-8,15,17,19-20,25H,3-4,9-14,16,18,31H2,1-2H3,(H2,32,34,38)/t25-/m0/s1. The number of carbonyl (C=O) groups is 2. The number of hydrogen-bond acceptors (Lipinski definition) is 5. The number of carbonyl (C=O) groups excluding carboxylic acids is 2. The monoisotopic (exact) mass is 538 g/mol. The lowest BCUT2D eigenvalue weighted by atomic mass is 9.98. The summed E-state index contributed by atoms with van der Waals surface area (Å²) in [4.78, 5) is 36.6. The Balaban J connectivity index is 1.26. The molecule has 210 valence electrons. The van der Waals surface area contributed by atoms with Gasteiger partial charge < -0.3 is 26.0 Å². The summed E-state index contributed by atoms with van der Waals surface area (Å²) in [5.41, 5.74) is 13.8. The van der Waals surface area contributed by atoms with Gasteiger partial charge in [-0.05, 0) is 61.3 Å². The maximum absolute atomic E-state index is 14.9. The van der Waals surface area contributed by atoms with Crippen molar-refractivity contribution in [1.29, 1.82) is 0 Å². The van der Waals surface area contributed by atoms with Crippen LogP contribution in [0.25, 0.3) is 11.1 Å². The van der Waals surface area contributed by atoms with E-state index in [0.29, 0.717) is 48.5 Å². The van der Waals surface area contributed by atoms with Gasteiger partial charge in [-0.2, -0.15) is 4.99 Å². The van der Waals surface area contributed by atoms with E-state index in [-0.39, 0.29) is 30.1 Å². The molecule has 2 aliphatic heterocycles. The number of hydrogen-bond donors (Lipinski definition) is 2. The summed E-state index contributed by atoms with van der Waals surface area (Å²) in [6, 6.07) is 7.55. The van der Waals surface area contributed by atoms with Gasteiger partial charge in [0.05, 0.1) is 12.6 Å². The van der Waals surface area contributed by atoms with E-state index < -0.39 is 6.04 Å². The number of piperidine rings is 1. The fraction of sp³-hybridized carbons (Fsp3) is 0.517. The third-order valence-electron chi connectivity index (χ3n) is 7.47. The first-order valence-electron chi connectivity index (χ1n) is 13.8. The molecule has 4 rings (SSSR count). The molecule has 0 spiro atoms. The smallest absolute Gasteiger partial charge is 0.345 e. The lowest BCUT2D eigenvalue weighted by molar-refractivity contribution is -0.131. The zero-order chi connectivity index (χ0) is 27.9. The van der Waals surface area contributed by atoms with Crippen LogP contribution in [0.15, 0.2) is 41.5 Å².